The van der Waals surface area contributed by atoms with Gasteiger partial charge in [0.05, 0.1) is 13.2 Å². The van der Waals surface area contributed by atoms with E-state index in [1.54, 1.807) is 0 Å². The molecule has 0 bridgehead atoms. The molecule has 2 aliphatic heterocycles. The Kier molecular flexibility index (Phi) is 5.81. The highest BCUT2D eigenvalue weighted by Gasteiger charge is 2.16. The van der Waals surface area contributed by atoms with E-state index >= 15 is 0 Å². The van der Waals surface area contributed by atoms with Crippen LogP contribution < -0.4 is 16.0 Å². The number of carbonyl (C=O) groups excluding carboxylic acids is 1. The number of hydrogen-bond acceptors (Lipinski definition) is 5. The fraction of sp³-hybridized carbons (Fsp3) is 0.400. The summed E-state index contributed by atoms with van der Waals surface area (Å²) >= 11 is 1.53. The predicted molar refractivity (Wildman–Crippen MR) is 109 cm³/mol. The lowest BCUT2D eigenvalue weighted by Gasteiger charge is -2.23. The number of rotatable bonds is 4. The molecule has 1 atom stereocenters. The van der Waals surface area contributed by atoms with Crippen LogP contribution >= 0.6 is 11.3 Å². The first kappa shape index (κ1) is 18.2. The average molecular weight is 385 g/mol. The van der Waals surface area contributed by atoms with Crippen LogP contribution in [0.3, 0.4) is 0 Å². The van der Waals surface area contributed by atoms with Gasteiger partial charge in [-0.2, -0.15) is 0 Å². The molecule has 0 spiro atoms. The Balaban J connectivity index is 1.37. The van der Waals surface area contributed by atoms with Crippen molar-refractivity contribution >= 4 is 28.8 Å². The van der Waals surface area contributed by atoms with Crippen molar-refractivity contribution in [1.29, 1.82) is 0 Å². The van der Waals surface area contributed by atoms with E-state index in [0.717, 1.165) is 49.5 Å². The molecule has 0 saturated carbocycles. The molecule has 1 aromatic carbocycles. The maximum atomic E-state index is 12.1. The molecular weight excluding hydrogens is 360 g/mol. The lowest BCUT2D eigenvalue weighted by atomic mass is 10.0. The molecule has 2 amide bonds. The van der Waals surface area contributed by atoms with Crippen LogP contribution in [0.15, 0.2) is 35.7 Å². The van der Waals surface area contributed by atoms with Crippen molar-refractivity contribution in [2.75, 3.05) is 31.6 Å². The van der Waals surface area contributed by atoms with Crippen molar-refractivity contribution in [1.82, 2.24) is 15.6 Å². The summed E-state index contributed by atoms with van der Waals surface area (Å²) in [4.78, 5) is 16.7. The third-order valence-corrected chi connectivity index (χ3v) is 5.74. The minimum Gasteiger partial charge on any atom is -0.377 e. The number of aromatic nitrogens is 1. The number of ether oxygens (including phenoxy) is 1. The topological polar surface area (TPSA) is 75.3 Å². The molecule has 2 aliphatic rings. The van der Waals surface area contributed by atoms with Crippen LogP contribution in [0.25, 0.3) is 16.1 Å². The first-order valence-electron chi connectivity index (χ1n) is 9.39. The Hall–Kier alpha value is -2.22. The number of urea groups is 1. The predicted octanol–water partition coefficient (Wildman–Crippen LogP) is 3.49. The SMILES string of the molecule is O=C(Nc1csc(-c2ccc(C3=CCOCC3)cc2)n1)N[C@H]1CCCNC1. The Morgan fingerprint density at radius 2 is 2.11 bits per heavy atom. The maximum absolute atomic E-state index is 12.1. The maximum Gasteiger partial charge on any atom is 0.320 e. The number of carbonyl (C=O) groups is 1. The molecule has 1 saturated heterocycles. The zero-order valence-corrected chi connectivity index (χ0v) is 16.0. The van der Waals surface area contributed by atoms with E-state index in [-0.39, 0.29) is 12.1 Å². The number of piperidine rings is 1. The summed E-state index contributed by atoms with van der Waals surface area (Å²) < 4.78 is 5.37. The highest BCUT2D eigenvalue weighted by Crippen LogP contribution is 2.28. The number of nitrogens with one attached hydrogen (secondary N) is 3. The van der Waals surface area contributed by atoms with Crippen LogP contribution in [0, 0.1) is 0 Å². The van der Waals surface area contributed by atoms with Gasteiger partial charge >= 0.3 is 6.03 Å². The lowest BCUT2D eigenvalue weighted by molar-refractivity contribution is 0.161. The molecule has 0 aliphatic carbocycles. The number of nitrogens with zero attached hydrogens (tertiary/aromatic N) is 1. The summed E-state index contributed by atoms with van der Waals surface area (Å²) in [6.45, 7) is 3.33. The monoisotopic (exact) mass is 384 g/mol. The molecule has 3 N–H and O–H groups in total. The van der Waals surface area contributed by atoms with Gasteiger partial charge in [0, 0.05) is 23.5 Å². The number of anilines is 1. The van der Waals surface area contributed by atoms with E-state index in [1.807, 2.05) is 5.38 Å². The van der Waals surface area contributed by atoms with Crippen molar-refractivity contribution in [2.24, 2.45) is 0 Å². The highest BCUT2D eigenvalue weighted by molar-refractivity contribution is 7.13. The Bertz CT molecular complexity index is 810. The fourth-order valence-corrected chi connectivity index (χ4v) is 4.15. The van der Waals surface area contributed by atoms with E-state index in [1.165, 1.54) is 22.5 Å². The van der Waals surface area contributed by atoms with Crippen LogP contribution in [0.4, 0.5) is 10.6 Å². The number of benzene rings is 1. The van der Waals surface area contributed by atoms with Crippen LogP contribution in [-0.2, 0) is 4.74 Å². The third-order valence-electron chi connectivity index (χ3n) is 4.84. The van der Waals surface area contributed by atoms with Crippen molar-refractivity contribution in [3.05, 3.63) is 41.3 Å². The number of thiazole rings is 1. The smallest absolute Gasteiger partial charge is 0.320 e. The van der Waals surface area contributed by atoms with E-state index in [2.05, 4.69) is 51.3 Å². The van der Waals surface area contributed by atoms with Gasteiger partial charge in [-0.15, -0.1) is 11.3 Å². The van der Waals surface area contributed by atoms with Crippen LogP contribution in [0.2, 0.25) is 0 Å². The highest BCUT2D eigenvalue weighted by atomic mass is 32.1. The first-order valence-corrected chi connectivity index (χ1v) is 10.3. The van der Waals surface area contributed by atoms with Crippen molar-refractivity contribution in [3.8, 4) is 10.6 Å². The van der Waals surface area contributed by atoms with Crippen molar-refractivity contribution in [3.63, 3.8) is 0 Å². The fourth-order valence-electron chi connectivity index (χ4n) is 3.39. The van der Waals surface area contributed by atoms with E-state index in [0.29, 0.717) is 12.4 Å². The average Bonchev–Trinajstić information content (AvgIpc) is 3.18. The molecule has 0 unspecified atom stereocenters. The number of hydrogen-bond donors (Lipinski definition) is 3. The first-order chi connectivity index (χ1) is 13.3. The molecule has 1 fully saturated rings. The molecule has 7 heteroatoms. The summed E-state index contributed by atoms with van der Waals surface area (Å²) in [7, 11) is 0. The molecule has 3 heterocycles. The molecule has 1 aromatic heterocycles. The molecule has 142 valence electrons. The lowest BCUT2D eigenvalue weighted by Crippen LogP contribution is -2.47. The summed E-state index contributed by atoms with van der Waals surface area (Å²) in [6, 6.07) is 8.42. The van der Waals surface area contributed by atoms with E-state index in [9.17, 15) is 4.79 Å². The Morgan fingerprint density at radius 1 is 1.26 bits per heavy atom. The zero-order chi connectivity index (χ0) is 18.5. The van der Waals surface area contributed by atoms with Gasteiger partial charge in [0.1, 0.15) is 10.8 Å². The van der Waals surface area contributed by atoms with Gasteiger partial charge < -0.3 is 15.4 Å². The summed E-state index contributed by atoms with van der Waals surface area (Å²) in [5, 5.41) is 11.9. The Morgan fingerprint density at radius 3 is 2.85 bits per heavy atom. The molecule has 27 heavy (non-hydrogen) atoms. The van der Waals surface area contributed by atoms with Gasteiger partial charge in [-0.25, -0.2) is 9.78 Å². The van der Waals surface area contributed by atoms with Gasteiger partial charge in [0.25, 0.3) is 0 Å². The minimum atomic E-state index is -0.192. The molecular formula is C20H24N4O2S. The van der Waals surface area contributed by atoms with Gasteiger partial charge in [0.2, 0.25) is 0 Å². The quantitative estimate of drug-likeness (QED) is 0.754. The molecule has 6 nitrogen and oxygen atoms in total. The van der Waals surface area contributed by atoms with Gasteiger partial charge in [-0.1, -0.05) is 30.3 Å². The second kappa shape index (κ2) is 8.65. The summed E-state index contributed by atoms with van der Waals surface area (Å²) in [6.07, 6.45) is 5.20. The second-order valence-corrected chi connectivity index (χ2v) is 7.67. The van der Waals surface area contributed by atoms with Gasteiger partial charge in [-0.3, -0.25) is 5.32 Å². The standard InChI is InChI=1S/C20H24N4O2S/c25-20(22-17-2-1-9-21-12-17)24-18-13-27-19(23-18)16-5-3-14(4-6-16)15-7-10-26-11-8-15/h3-7,13,17,21H,1-2,8-12H2,(H2,22,24,25)/t17-/m0/s1. The van der Waals surface area contributed by atoms with Crippen molar-refractivity contribution < 1.29 is 9.53 Å². The molecule has 4 rings (SSSR count). The second-order valence-electron chi connectivity index (χ2n) is 6.81. The molecule has 2 aromatic rings. The van der Waals surface area contributed by atoms with E-state index in [4.69, 9.17) is 4.74 Å². The Labute approximate surface area is 163 Å². The third kappa shape index (κ3) is 4.74. The largest absolute Gasteiger partial charge is 0.377 e. The minimum absolute atomic E-state index is 0.184. The summed E-state index contributed by atoms with van der Waals surface area (Å²) in [5.41, 5.74) is 3.63. The zero-order valence-electron chi connectivity index (χ0n) is 15.2. The van der Waals surface area contributed by atoms with E-state index < -0.39 is 0 Å². The van der Waals surface area contributed by atoms with Crippen LogP contribution in [0.5, 0.6) is 0 Å². The van der Waals surface area contributed by atoms with Crippen molar-refractivity contribution in [2.45, 2.75) is 25.3 Å². The molecule has 0 radical (unpaired) electrons. The normalized spacial score (nSPS) is 20.0. The van der Waals surface area contributed by atoms with Gasteiger partial charge in [-0.05, 0) is 36.9 Å². The number of amides is 2. The van der Waals surface area contributed by atoms with Crippen LogP contribution in [0.1, 0.15) is 24.8 Å². The summed E-state index contributed by atoms with van der Waals surface area (Å²) in [5.74, 6) is 0.590. The van der Waals surface area contributed by atoms with Crippen LogP contribution in [-0.4, -0.2) is 43.4 Å². The van der Waals surface area contributed by atoms with Gasteiger partial charge in [0.15, 0.2) is 0 Å².